The van der Waals surface area contributed by atoms with Crippen LogP contribution in [0.1, 0.15) is 27.2 Å². The topological polar surface area (TPSA) is 92.4 Å². The van der Waals surface area contributed by atoms with Crippen molar-refractivity contribution in [3.05, 3.63) is 0 Å². The highest BCUT2D eigenvalue weighted by Crippen LogP contribution is 2.20. The molecule has 0 aromatic rings. The minimum atomic E-state index is -1.03. The number of nitrogens with two attached hydrogens (primary N) is 1. The Bertz CT molecular complexity index is 221. The van der Waals surface area contributed by atoms with Crippen molar-refractivity contribution < 1.29 is 14.7 Å². The third-order valence-electron chi connectivity index (χ3n) is 1.64. The van der Waals surface area contributed by atoms with Gasteiger partial charge in [0.15, 0.2) is 0 Å². The molecule has 5 nitrogen and oxygen atoms in total. The molecule has 0 unspecified atom stereocenters. The van der Waals surface area contributed by atoms with E-state index in [4.69, 9.17) is 10.8 Å². The van der Waals surface area contributed by atoms with Crippen LogP contribution in [0.25, 0.3) is 0 Å². The molecule has 0 aliphatic heterocycles. The van der Waals surface area contributed by atoms with Crippen molar-refractivity contribution in [3.8, 4) is 0 Å². The Hall–Kier alpha value is -1.10. The number of nitrogens with one attached hydrogen (secondary N) is 1. The SMILES string of the molecule is CC(C)(C)C[C@H](NC(=O)CN)C(=O)O. The van der Waals surface area contributed by atoms with Crippen molar-refractivity contribution >= 4 is 11.9 Å². The molecule has 0 fully saturated rings. The number of hydrogen-bond donors (Lipinski definition) is 3. The van der Waals surface area contributed by atoms with Crippen LogP contribution in [0, 0.1) is 5.41 Å². The Kier molecular flexibility index (Phi) is 4.56. The number of carbonyl (C=O) groups excluding carboxylic acids is 1. The lowest BCUT2D eigenvalue weighted by Crippen LogP contribution is -2.45. The van der Waals surface area contributed by atoms with Gasteiger partial charge in [-0.15, -0.1) is 0 Å². The standard InChI is InChI=1S/C9H18N2O3/c1-9(2,3)4-6(8(13)14)11-7(12)5-10/h6H,4-5,10H2,1-3H3,(H,11,12)(H,13,14)/t6-/m0/s1. The van der Waals surface area contributed by atoms with Crippen molar-refractivity contribution in [2.75, 3.05) is 6.54 Å². The van der Waals surface area contributed by atoms with Crippen LogP contribution in [-0.4, -0.2) is 29.6 Å². The molecule has 82 valence electrons. The molecule has 0 aromatic heterocycles. The van der Waals surface area contributed by atoms with Crippen molar-refractivity contribution in [3.63, 3.8) is 0 Å². The Morgan fingerprint density at radius 2 is 1.93 bits per heavy atom. The van der Waals surface area contributed by atoms with Gasteiger partial charge in [0.2, 0.25) is 5.91 Å². The normalized spacial score (nSPS) is 13.4. The van der Waals surface area contributed by atoms with E-state index < -0.39 is 17.9 Å². The molecule has 0 aromatic carbocycles. The molecule has 0 saturated heterocycles. The molecule has 0 rings (SSSR count). The molecular formula is C9H18N2O3. The number of hydrogen-bond acceptors (Lipinski definition) is 3. The molecule has 4 N–H and O–H groups in total. The summed E-state index contributed by atoms with van der Waals surface area (Å²) in [5, 5.41) is 11.2. The first-order chi connectivity index (χ1) is 6.26. The van der Waals surface area contributed by atoms with E-state index >= 15 is 0 Å². The number of carbonyl (C=O) groups is 2. The fourth-order valence-corrected chi connectivity index (χ4v) is 1.07. The predicted octanol–water partition coefficient (Wildman–Crippen LogP) is -0.0493. The van der Waals surface area contributed by atoms with Gasteiger partial charge < -0.3 is 16.2 Å². The fraction of sp³-hybridized carbons (Fsp3) is 0.778. The zero-order chi connectivity index (χ0) is 11.4. The number of aliphatic carboxylic acids is 1. The van der Waals surface area contributed by atoms with Gasteiger partial charge in [0, 0.05) is 0 Å². The average Bonchev–Trinajstić information content (AvgIpc) is 2.00. The molecular weight excluding hydrogens is 184 g/mol. The molecule has 0 radical (unpaired) electrons. The summed E-state index contributed by atoms with van der Waals surface area (Å²) in [4.78, 5) is 21.7. The van der Waals surface area contributed by atoms with E-state index in [1.807, 2.05) is 20.8 Å². The molecule has 5 heteroatoms. The van der Waals surface area contributed by atoms with E-state index in [1.54, 1.807) is 0 Å². The van der Waals surface area contributed by atoms with Crippen LogP contribution in [0.4, 0.5) is 0 Å². The largest absolute Gasteiger partial charge is 0.480 e. The highest BCUT2D eigenvalue weighted by molar-refractivity contribution is 5.84. The van der Waals surface area contributed by atoms with Gasteiger partial charge in [0.1, 0.15) is 6.04 Å². The Morgan fingerprint density at radius 3 is 2.21 bits per heavy atom. The van der Waals surface area contributed by atoms with Gasteiger partial charge in [-0.3, -0.25) is 4.79 Å². The molecule has 0 heterocycles. The second-order valence-electron chi connectivity index (χ2n) is 4.43. The van der Waals surface area contributed by atoms with Crippen molar-refractivity contribution in [2.45, 2.75) is 33.2 Å². The first-order valence-corrected chi connectivity index (χ1v) is 4.48. The van der Waals surface area contributed by atoms with Gasteiger partial charge in [-0.1, -0.05) is 20.8 Å². The quantitative estimate of drug-likeness (QED) is 0.596. The fourth-order valence-electron chi connectivity index (χ4n) is 1.07. The number of carboxylic acids is 1. The van der Waals surface area contributed by atoms with Crippen molar-refractivity contribution in [1.82, 2.24) is 5.32 Å². The van der Waals surface area contributed by atoms with Gasteiger partial charge in [-0.05, 0) is 11.8 Å². The van der Waals surface area contributed by atoms with Gasteiger partial charge in [-0.25, -0.2) is 4.79 Å². The lowest BCUT2D eigenvalue weighted by Gasteiger charge is -2.23. The van der Waals surface area contributed by atoms with E-state index in [2.05, 4.69) is 5.32 Å². The Balaban J connectivity index is 4.31. The number of amides is 1. The smallest absolute Gasteiger partial charge is 0.326 e. The Labute approximate surface area is 83.7 Å². The molecule has 14 heavy (non-hydrogen) atoms. The van der Waals surface area contributed by atoms with E-state index in [0.29, 0.717) is 6.42 Å². The highest BCUT2D eigenvalue weighted by atomic mass is 16.4. The van der Waals surface area contributed by atoms with Crippen LogP contribution >= 0.6 is 0 Å². The zero-order valence-electron chi connectivity index (χ0n) is 8.83. The highest BCUT2D eigenvalue weighted by Gasteiger charge is 2.25. The average molecular weight is 202 g/mol. The van der Waals surface area contributed by atoms with Crippen LogP contribution < -0.4 is 11.1 Å². The van der Waals surface area contributed by atoms with E-state index in [9.17, 15) is 9.59 Å². The van der Waals surface area contributed by atoms with E-state index in [-0.39, 0.29) is 12.0 Å². The van der Waals surface area contributed by atoms with E-state index in [1.165, 1.54) is 0 Å². The summed E-state index contributed by atoms with van der Waals surface area (Å²) >= 11 is 0. The first-order valence-electron chi connectivity index (χ1n) is 4.48. The van der Waals surface area contributed by atoms with Crippen LogP contribution in [0.5, 0.6) is 0 Å². The molecule has 0 aliphatic carbocycles. The lowest BCUT2D eigenvalue weighted by atomic mass is 9.88. The Morgan fingerprint density at radius 1 is 1.43 bits per heavy atom. The summed E-state index contributed by atoms with van der Waals surface area (Å²) in [5.41, 5.74) is 4.93. The summed E-state index contributed by atoms with van der Waals surface area (Å²) in [6.07, 6.45) is 0.383. The minimum Gasteiger partial charge on any atom is -0.480 e. The summed E-state index contributed by atoms with van der Waals surface area (Å²) in [7, 11) is 0. The van der Waals surface area contributed by atoms with Gasteiger partial charge >= 0.3 is 5.97 Å². The second-order valence-corrected chi connectivity index (χ2v) is 4.43. The lowest BCUT2D eigenvalue weighted by molar-refractivity contribution is -0.142. The number of carboxylic acid groups (broad SMARTS) is 1. The maximum atomic E-state index is 10.9. The van der Waals surface area contributed by atoms with Crippen LogP contribution in [-0.2, 0) is 9.59 Å². The predicted molar refractivity (Wildman–Crippen MR) is 52.7 cm³/mol. The molecule has 0 spiro atoms. The monoisotopic (exact) mass is 202 g/mol. The summed E-state index contributed by atoms with van der Waals surface area (Å²) in [6, 6.07) is -0.856. The maximum Gasteiger partial charge on any atom is 0.326 e. The summed E-state index contributed by atoms with van der Waals surface area (Å²) in [6.45, 7) is 5.56. The van der Waals surface area contributed by atoms with Crippen LogP contribution in [0.3, 0.4) is 0 Å². The van der Waals surface area contributed by atoms with Gasteiger partial charge in [0.05, 0.1) is 6.54 Å². The van der Waals surface area contributed by atoms with Crippen molar-refractivity contribution in [1.29, 1.82) is 0 Å². The first kappa shape index (κ1) is 12.9. The van der Waals surface area contributed by atoms with Crippen molar-refractivity contribution in [2.24, 2.45) is 11.1 Å². The van der Waals surface area contributed by atoms with Gasteiger partial charge in [0.25, 0.3) is 0 Å². The third kappa shape index (κ3) is 5.53. The maximum absolute atomic E-state index is 10.9. The van der Waals surface area contributed by atoms with Crippen LogP contribution in [0.15, 0.2) is 0 Å². The molecule has 1 amide bonds. The number of rotatable bonds is 4. The minimum absolute atomic E-state index is 0.148. The van der Waals surface area contributed by atoms with E-state index in [0.717, 1.165) is 0 Å². The molecule has 0 aliphatic rings. The molecule has 0 saturated carbocycles. The molecule has 1 atom stereocenters. The second kappa shape index (κ2) is 4.95. The van der Waals surface area contributed by atoms with Gasteiger partial charge in [-0.2, -0.15) is 0 Å². The molecule has 0 bridgehead atoms. The summed E-state index contributed by atoms with van der Waals surface area (Å²) in [5.74, 6) is -1.47. The zero-order valence-corrected chi connectivity index (χ0v) is 8.83. The summed E-state index contributed by atoms with van der Waals surface area (Å²) < 4.78 is 0. The third-order valence-corrected chi connectivity index (χ3v) is 1.64. The van der Waals surface area contributed by atoms with Crippen LogP contribution in [0.2, 0.25) is 0 Å².